The molecule has 0 amide bonds. The molecule has 0 spiro atoms. The molecule has 1 aromatic carbocycles. The number of benzene rings is 1. The van der Waals surface area contributed by atoms with E-state index in [0.29, 0.717) is 16.5 Å². The lowest BCUT2D eigenvalue weighted by atomic mass is 10.0. The zero-order valence-electron chi connectivity index (χ0n) is 9.25. The minimum absolute atomic E-state index is 0.330. The van der Waals surface area contributed by atoms with Gasteiger partial charge in [0.05, 0.1) is 16.1 Å². The van der Waals surface area contributed by atoms with Crippen molar-refractivity contribution in [3.63, 3.8) is 0 Å². The molecule has 0 aromatic heterocycles. The van der Waals surface area contributed by atoms with Crippen LogP contribution in [0.15, 0.2) is 18.2 Å². The van der Waals surface area contributed by atoms with Crippen LogP contribution in [-0.2, 0) is 6.42 Å². The maximum atomic E-state index is 9.83. The molecule has 4 heteroatoms. The summed E-state index contributed by atoms with van der Waals surface area (Å²) in [7, 11) is 0. The second kappa shape index (κ2) is 7.44. The normalized spacial score (nSPS) is 12.8. The first-order chi connectivity index (χ1) is 7.65. The highest BCUT2D eigenvalue weighted by Gasteiger charge is 2.10. The fraction of sp³-hybridized carbons (Fsp3) is 0.500. The number of halogens is 2. The standard InChI is InChI=1S/C12H16Cl2OS/c1-16-7-3-5-10(15)8-9-4-2-6-11(13)12(9)14/h2,4,6,10,15H,3,5,7-8H2,1H3. The van der Waals surface area contributed by atoms with Crippen LogP contribution in [0.5, 0.6) is 0 Å². The zero-order valence-corrected chi connectivity index (χ0v) is 11.6. The Hall–Kier alpha value is 0.110. The molecule has 0 heterocycles. The minimum atomic E-state index is -0.330. The zero-order chi connectivity index (χ0) is 12.0. The molecule has 1 aromatic rings. The molecule has 0 aliphatic rings. The third kappa shape index (κ3) is 4.54. The van der Waals surface area contributed by atoms with Crippen molar-refractivity contribution in [3.8, 4) is 0 Å². The number of aliphatic hydroxyl groups is 1. The van der Waals surface area contributed by atoms with Gasteiger partial charge in [0.1, 0.15) is 0 Å². The predicted molar refractivity (Wildman–Crippen MR) is 73.8 cm³/mol. The molecule has 1 unspecified atom stereocenters. The van der Waals surface area contributed by atoms with Crippen LogP contribution >= 0.6 is 35.0 Å². The Morgan fingerprint density at radius 1 is 1.38 bits per heavy atom. The summed E-state index contributed by atoms with van der Waals surface area (Å²) in [5.41, 5.74) is 0.922. The lowest BCUT2D eigenvalue weighted by Crippen LogP contribution is -2.11. The van der Waals surface area contributed by atoms with Gasteiger partial charge in [-0.05, 0) is 42.9 Å². The lowest BCUT2D eigenvalue weighted by Gasteiger charge is -2.11. The van der Waals surface area contributed by atoms with Gasteiger partial charge in [-0.25, -0.2) is 0 Å². The van der Waals surface area contributed by atoms with Gasteiger partial charge >= 0.3 is 0 Å². The van der Waals surface area contributed by atoms with Gasteiger partial charge in [-0.1, -0.05) is 35.3 Å². The lowest BCUT2D eigenvalue weighted by molar-refractivity contribution is 0.164. The topological polar surface area (TPSA) is 20.2 Å². The van der Waals surface area contributed by atoms with E-state index in [4.69, 9.17) is 23.2 Å². The quantitative estimate of drug-likeness (QED) is 0.793. The summed E-state index contributed by atoms with van der Waals surface area (Å²) in [5.74, 6) is 1.08. The van der Waals surface area contributed by atoms with E-state index in [2.05, 4.69) is 6.26 Å². The summed E-state index contributed by atoms with van der Waals surface area (Å²) in [6.07, 6.45) is 4.15. The van der Waals surface area contributed by atoms with E-state index < -0.39 is 0 Å². The van der Waals surface area contributed by atoms with Crippen molar-refractivity contribution in [1.82, 2.24) is 0 Å². The van der Waals surface area contributed by atoms with E-state index in [0.717, 1.165) is 24.2 Å². The number of aliphatic hydroxyl groups excluding tert-OH is 1. The van der Waals surface area contributed by atoms with Crippen molar-refractivity contribution in [2.75, 3.05) is 12.0 Å². The molecule has 0 saturated heterocycles. The van der Waals surface area contributed by atoms with Gasteiger partial charge in [-0.3, -0.25) is 0 Å². The highest BCUT2D eigenvalue weighted by molar-refractivity contribution is 7.98. The Morgan fingerprint density at radius 3 is 2.81 bits per heavy atom. The maximum Gasteiger partial charge on any atom is 0.0625 e. The van der Waals surface area contributed by atoms with Gasteiger partial charge in [0.15, 0.2) is 0 Å². The van der Waals surface area contributed by atoms with E-state index in [1.54, 1.807) is 17.8 Å². The van der Waals surface area contributed by atoms with Crippen molar-refractivity contribution in [3.05, 3.63) is 33.8 Å². The molecule has 0 aliphatic heterocycles. The van der Waals surface area contributed by atoms with Gasteiger partial charge in [-0.15, -0.1) is 0 Å². The van der Waals surface area contributed by atoms with E-state index in [1.165, 1.54) is 0 Å². The fourth-order valence-electron chi connectivity index (χ4n) is 1.53. The molecule has 0 bridgehead atoms. The Morgan fingerprint density at radius 2 is 2.12 bits per heavy atom. The van der Waals surface area contributed by atoms with Crippen LogP contribution in [0.3, 0.4) is 0 Å². The van der Waals surface area contributed by atoms with Crippen LogP contribution in [0.2, 0.25) is 10.0 Å². The SMILES string of the molecule is CSCCCC(O)Cc1cccc(Cl)c1Cl. The molecule has 0 saturated carbocycles. The van der Waals surface area contributed by atoms with Gasteiger partial charge in [0, 0.05) is 0 Å². The second-order valence-electron chi connectivity index (χ2n) is 3.71. The van der Waals surface area contributed by atoms with Crippen molar-refractivity contribution in [2.45, 2.75) is 25.4 Å². The molecule has 1 N–H and O–H groups in total. The first-order valence-electron chi connectivity index (χ1n) is 5.25. The number of rotatable bonds is 6. The summed E-state index contributed by atoms with van der Waals surface area (Å²) < 4.78 is 0. The number of hydrogen-bond donors (Lipinski definition) is 1. The van der Waals surface area contributed by atoms with Crippen molar-refractivity contribution in [1.29, 1.82) is 0 Å². The average molecular weight is 279 g/mol. The molecule has 1 nitrogen and oxygen atoms in total. The van der Waals surface area contributed by atoms with Gasteiger partial charge in [-0.2, -0.15) is 11.8 Å². The molecule has 0 fully saturated rings. The highest BCUT2D eigenvalue weighted by atomic mass is 35.5. The molecule has 1 rings (SSSR count). The second-order valence-corrected chi connectivity index (χ2v) is 5.48. The molecule has 16 heavy (non-hydrogen) atoms. The summed E-state index contributed by atoms with van der Waals surface area (Å²) >= 11 is 13.8. The molecule has 1 atom stereocenters. The number of hydrogen-bond acceptors (Lipinski definition) is 2. The van der Waals surface area contributed by atoms with Crippen LogP contribution in [-0.4, -0.2) is 23.2 Å². The van der Waals surface area contributed by atoms with Crippen molar-refractivity contribution >= 4 is 35.0 Å². The molecule has 0 aliphatic carbocycles. The Kier molecular flexibility index (Phi) is 6.59. The van der Waals surface area contributed by atoms with Crippen LogP contribution in [0.1, 0.15) is 18.4 Å². The van der Waals surface area contributed by atoms with Gasteiger partial charge < -0.3 is 5.11 Å². The average Bonchev–Trinajstić information content (AvgIpc) is 2.25. The van der Waals surface area contributed by atoms with Gasteiger partial charge in [0.25, 0.3) is 0 Å². The van der Waals surface area contributed by atoms with E-state index in [9.17, 15) is 5.11 Å². The van der Waals surface area contributed by atoms with Crippen molar-refractivity contribution in [2.24, 2.45) is 0 Å². The summed E-state index contributed by atoms with van der Waals surface area (Å²) in [4.78, 5) is 0. The van der Waals surface area contributed by atoms with Crippen LogP contribution in [0.25, 0.3) is 0 Å². The van der Waals surface area contributed by atoms with E-state index >= 15 is 0 Å². The molecule has 90 valence electrons. The van der Waals surface area contributed by atoms with Gasteiger partial charge in [0.2, 0.25) is 0 Å². The van der Waals surface area contributed by atoms with E-state index in [1.807, 2.05) is 12.1 Å². The number of thioether (sulfide) groups is 1. The molecular formula is C12H16Cl2OS. The first kappa shape index (κ1) is 14.2. The Labute approximate surface area is 111 Å². The summed E-state index contributed by atoms with van der Waals surface area (Å²) in [6.45, 7) is 0. The predicted octanol–water partition coefficient (Wildman–Crippen LogP) is 4.04. The van der Waals surface area contributed by atoms with Crippen LogP contribution in [0.4, 0.5) is 0 Å². The first-order valence-corrected chi connectivity index (χ1v) is 7.40. The monoisotopic (exact) mass is 278 g/mol. The fourth-order valence-corrected chi connectivity index (χ4v) is 2.38. The maximum absolute atomic E-state index is 9.83. The Balaban J connectivity index is 2.49. The van der Waals surface area contributed by atoms with Crippen LogP contribution in [0, 0.1) is 0 Å². The third-order valence-corrected chi connectivity index (χ3v) is 3.93. The molecule has 0 radical (unpaired) electrons. The minimum Gasteiger partial charge on any atom is -0.393 e. The third-order valence-electron chi connectivity index (χ3n) is 2.37. The highest BCUT2D eigenvalue weighted by Crippen LogP contribution is 2.26. The van der Waals surface area contributed by atoms with Crippen molar-refractivity contribution < 1.29 is 5.11 Å². The summed E-state index contributed by atoms with van der Waals surface area (Å²) in [6, 6.07) is 5.53. The molecular weight excluding hydrogens is 263 g/mol. The largest absolute Gasteiger partial charge is 0.393 e. The summed E-state index contributed by atoms with van der Waals surface area (Å²) in [5, 5.41) is 10.9. The smallest absolute Gasteiger partial charge is 0.0625 e. The Bertz CT molecular complexity index is 331. The van der Waals surface area contributed by atoms with Crippen LogP contribution < -0.4 is 0 Å². The van der Waals surface area contributed by atoms with E-state index in [-0.39, 0.29) is 6.10 Å².